The molecular weight excluding hydrogens is 362 g/mol. The zero-order chi connectivity index (χ0) is 19.7. The highest BCUT2D eigenvalue weighted by atomic mass is 16.5. The number of anilines is 1. The van der Waals surface area contributed by atoms with Crippen molar-refractivity contribution in [1.82, 2.24) is 0 Å². The van der Waals surface area contributed by atoms with Gasteiger partial charge in [-0.2, -0.15) is 0 Å². The van der Waals surface area contributed by atoms with Crippen LogP contribution in [0.25, 0.3) is 11.0 Å². The molecule has 7 nitrogen and oxygen atoms in total. The van der Waals surface area contributed by atoms with Gasteiger partial charge in [-0.3, -0.25) is 4.79 Å². The smallest absolute Gasteiger partial charge is 0.338 e. The molecule has 1 aromatic heterocycles. The summed E-state index contributed by atoms with van der Waals surface area (Å²) in [5, 5.41) is 10.1. The first kappa shape index (κ1) is 17.8. The van der Waals surface area contributed by atoms with Crippen molar-refractivity contribution in [3.8, 4) is 5.75 Å². The Morgan fingerprint density at radius 1 is 1.14 bits per heavy atom. The van der Waals surface area contributed by atoms with E-state index < -0.39 is 11.6 Å². The van der Waals surface area contributed by atoms with E-state index >= 15 is 0 Å². The Bertz CT molecular complexity index is 1130. The molecule has 0 bridgehead atoms. The van der Waals surface area contributed by atoms with Crippen LogP contribution in [-0.4, -0.2) is 23.5 Å². The third-order valence-corrected chi connectivity index (χ3v) is 4.64. The Labute approximate surface area is 159 Å². The first-order chi connectivity index (χ1) is 13.5. The molecular formula is C21H17NO6. The second-order valence-electron chi connectivity index (χ2n) is 6.55. The van der Waals surface area contributed by atoms with E-state index in [4.69, 9.17) is 9.15 Å². The lowest BCUT2D eigenvalue weighted by molar-refractivity contribution is -0.117. The molecule has 2 heterocycles. The van der Waals surface area contributed by atoms with Crippen molar-refractivity contribution in [2.24, 2.45) is 0 Å². The number of esters is 1. The molecule has 0 spiro atoms. The Hall–Kier alpha value is -3.61. The molecule has 4 rings (SSSR count). The second kappa shape index (κ2) is 7.19. The van der Waals surface area contributed by atoms with Crippen LogP contribution in [0, 0.1) is 0 Å². The molecule has 7 heteroatoms. The number of fused-ring (bicyclic) bond motifs is 1. The van der Waals surface area contributed by atoms with E-state index in [-0.39, 0.29) is 23.8 Å². The van der Waals surface area contributed by atoms with Crippen LogP contribution >= 0.6 is 0 Å². The molecule has 1 N–H and O–H groups in total. The first-order valence-electron chi connectivity index (χ1n) is 8.84. The van der Waals surface area contributed by atoms with Crippen molar-refractivity contribution in [3.63, 3.8) is 0 Å². The molecule has 1 fully saturated rings. The number of carbonyl (C=O) groups is 2. The summed E-state index contributed by atoms with van der Waals surface area (Å²) in [5.41, 5.74) is 1.08. The molecule has 0 radical (unpaired) electrons. The largest absolute Gasteiger partial charge is 0.508 e. The summed E-state index contributed by atoms with van der Waals surface area (Å²) < 4.78 is 10.4. The zero-order valence-electron chi connectivity index (χ0n) is 14.9. The number of nitrogens with zero attached hydrogens (tertiary/aromatic N) is 1. The highest BCUT2D eigenvalue weighted by Crippen LogP contribution is 2.24. The van der Waals surface area contributed by atoms with Gasteiger partial charge >= 0.3 is 11.6 Å². The van der Waals surface area contributed by atoms with Gasteiger partial charge in [-0.05, 0) is 36.8 Å². The van der Waals surface area contributed by atoms with E-state index in [1.807, 2.05) is 0 Å². The van der Waals surface area contributed by atoms with Crippen molar-refractivity contribution in [2.75, 3.05) is 11.4 Å². The molecule has 3 aromatic rings. The van der Waals surface area contributed by atoms with E-state index in [1.165, 1.54) is 18.2 Å². The van der Waals surface area contributed by atoms with Gasteiger partial charge in [0, 0.05) is 41.7 Å². The summed E-state index contributed by atoms with van der Waals surface area (Å²) in [4.78, 5) is 37.8. The van der Waals surface area contributed by atoms with Gasteiger partial charge in [0.2, 0.25) is 5.91 Å². The highest BCUT2D eigenvalue weighted by molar-refractivity contribution is 5.97. The number of phenols is 1. The summed E-state index contributed by atoms with van der Waals surface area (Å²) in [6, 6.07) is 12.4. The minimum atomic E-state index is -0.598. The maximum atomic E-state index is 12.5. The van der Waals surface area contributed by atoms with Gasteiger partial charge in [-0.25, -0.2) is 9.59 Å². The van der Waals surface area contributed by atoms with Crippen LogP contribution < -0.4 is 10.5 Å². The molecule has 1 aliphatic rings. The number of rotatable bonds is 4. The normalized spacial score (nSPS) is 13.9. The number of phenolic OH excluding ortho intramolecular Hbond substituents is 1. The minimum Gasteiger partial charge on any atom is -0.508 e. The predicted molar refractivity (Wildman–Crippen MR) is 101 cm³/mol. The summed E-state index contributed by atoms with van der Waals surface area (Å²) in [7, 11) is 0. The number of benzene rings is 2. The molecule has 1 amide bonds. The van der Waals surface area contributed by atoms with E-state index in [2.05, 4.69) is 0 Å². The Balaban J connectivity index is 1.55. The van der Waals surface area contributed by atoms with Crippen LogP contribution in [0.1, 0.15) is 28.8 Å². The van der Waals surface area contributed by atoms with E-state index in [9.17, 15) is 19.5 Å². The average molecular weight is 379 g/mol. The SMILES string of the molecule is O=C(OCc1cc(=O)oc2cc(O)ccc12)c1cccc(N2CCCC2=O)c1. The van der Waals surface area contributed by atoms with Crippen LogP contribution in [0.15, 0.2) is 57.7 Å². The van der Waals surface area contributed by atoms with Crippen LogP contribution in [0.2, 0.25) is 0 Å². The van der Waals surface area contributed by atoms with Crippen molar-refractivity contribution < 1.29 is 23.8 Å². The van der Waals surface area contributed by atoms with Gasteiger partial charge in [-0.15, -0.1) is 0 Å². The van der Waals surface area contributed by atoms with Crippen molar-refractivity contribution >= 4 is 28.5 Å². The van der Waals surface area contributed by atoms with Gasteiger partial charge in [0.05, 0.1) is 5.56 Å². The first-order valence-corrected chi connectivity index (χ1v) is 8.84. The lowest BCUT2D eigenvalue weighted by Crippen LogP contribution is -2.23. The molecule has 2 aromatic carbocycles. The number of amides is 1. The van der Waals surface area contributed by atoms with Gasteiger partial charge in [0.1, 0.15) is 17.9 Å². The molecule has 1 saturated heterocycles. The van der Waals surface area contributed by atoms with E-state index in [1.54, 1.807) is 35.2 Å². The molecule has 28 heavy (non-hydrogen) atoms. The fourth-order valence-corrected chi connectivity index (χ4v) is 3.29. The fraction of sp³-hybridized carbons (Fsp3) is 0.190. The maximum absolute atomic E-state index is 12.5. The summed E-state index contributed by atoms with van der Waals surface area (Å²) in [6.07, 6.45) is 1.31. The summed E-state index contributed by atoms with van der Waals surface area (Å²) in [6.45, 7) is 0.508. The zero-order valence-corrected chi connectivity index (χ0v) is 14.9. The van der Waals surface area contributed by atoms with E-state index in [0.29, 0.717) is 35.2 Å². The second-order valence-corrected chi connectivity index (χ2v) is 6.55. The number of ether oxygens (including phenoxy) is 1. The van der Waals surface area contributed by atoms with Gasteiger partial charge in [0.15, 0.2) is 0 Å². The lowest BCUT2D eigenvalue weighted by atomic mass is 10.1. The van der Waals surface area contributed by atoms with Crippen molar-refractivity contribution in [3.05, 3.63) is 70.1 Å². The quantitative estimate of drug-likeness (QED) is 0.553. The Morgan fingerprint density at radius 2 is 2.00 bits per heavy atom. The number of hydrogen-bond donors (Lipinski definition) is 1. The Morgan fingerprint density at radius 3 is 2.79 bits per heavy atom. The van der Waals surface area contributed by atoms with Crippen molar-refractivity contribution in [2.45, 2.75) is 19.4 Å². The standard InChI is InChI=1S/C21H17NO6/c23-16-6-7-17-14(10-20(25)28-18(17)11-16)12-27-21(26)13-3-1-4-15(9-13)22-8-2-5-19(22)24/h1,3-4,6-7,9-11,23H,2,5,8,12H2. The van der Waals surface area contributed by atoms with Crippen LogP contribution in [-0.2, 0) is 16.1 Å². The number of aromatic hydroxyl groups is 1. The fourth-order valence-electron chi connectivity index (χ4n) is 3.29. The van der Waals surface area contributed by atoms with Crippen LogP contribution in [0.4, 0.5) is 5.69 Å². The highest BCUT2D eigenvalue weighted by Gasteiger charge is 2.22. The lowest BCUT2D eigenvalue weighted by Gasteiger charge is -2.16. The molecule has 142 valence electrons. The monoisotopic (exact) mass is 379 g/mol. The van der Waals surface area contributed by atoms with Crippen LogP contribution in [0.3, 0.4) is 0 Å². The van der Waals surface area contributed by atoms with Gasteiger partial charge in [0.25, 0.3) is 0 Å². The molecule has 0 atom stereocenters. The third-order valence-electron chi connectivity index (χ3n) is 4.64. The van der Waals surface area contributed by atoms with Gasteiger partial charge < -0.3 is 19.2 Å². The van der Waals surface area contributed by atoms with Crippen LogP contribution in [0.5, 0.6) is 5.75 Å². The number of hydrogen-bond acceptors (Lipinski definition) is 6. The molecule has 0 aliphatic carbocycles. The molecule has 1 aliphatic heterocycles. The number of carbonyl (C=O) groups excluding carboxylic acids is 2. The van der Waals surface area contributed by atoms with Gasteiger partial charge in [-0.1, -0.05) is 6.07 Å². The van der Waals surface area contributed by atoms with E-state index in [0.717, 1.165) is 6.42 Å². The van der Waals surface area contributed by atoms with Crippen molar-refractivity contribution in [1.29, 1.82) is 0 Å². The summed E-state index contributed by atoms with van der Waals surface area (Å²) in [5.74, 6) is -0.553. The topological polar surface area (TPSA) is 97.1 Å². The molecule has 0 unspecified atom stereocenters. The predicted octanol–water partition coefficient (Wildman–Crippen LogP) is 2.98. The summed E-state index contributed by atoms with van der Waals surface area (Å²) >= 11 is 0. The minimum absolute atomic E-state index is 0.0296. The average Bonchev–Trinajstić information content (AvgIpc) is 3.11. The maximum Gasteiger partial charge on any atom is 0.338 e. The Kier molecular flexibility index (Phi) is 4.57. The molecule has 0 saturated carbocycles. The third kappa shape index (κ3) is 3.46.